The first-order valence-corrected chi connectivity index (χ1v) is 6.39. The normalized spacial score (nSPS) is 12.0. The minimum Gasteiger partial charge on any atom is -0.340 e. The van der Waals surface area contributed by atoms with Crippen molar-refractivity contribution >= 4 is 18.5 Å². The maximum Gasteiger partial charge on any atom is 0.235 e. The van der Waals surface area contributed by atoms with Crippen LogP contribution in [-0.2, 0) is 11.3 Å². The van der Waals surface area contributed by atoms with Crippen molar-refractivity contribution in [3.8, 4) is 6.07 Å². The number of carbonyl (C=O) groups is 1. The number of nitrogens with zero attached hydrogens (tertiary/aromatic N) is 2. The molecule has 0 aliphatic rings. The summed E-state index contributed by atoms with van der Waals surface area (Å²) in [6.45, 7) is 4.44. The molecule has 1 amide bonds. The predicted molar refractivity (Wildman–Crippen MR) is 75.2 cm³/mol. The lowest BCUT2D eigenvalue weighted by Gasteiger charge is -2.23. The van der Waals surface area contributed by atoms with Gasteiger partial charge in [-0.2, -0.15) is 17.9 Å². The molecule has 1 unspecified atom stereocenters. The third-order valence-electron chi connectivity index (χ3n) is 2.74. The standard InChI is InChI=1S/C14H18N2OS/c1-10(2)13(18)14(17)16(3)9-12-6-4-5-11(7-12)8-15/h4-7,10,13,18H,9H2,1-3H3. The number of amides is 1. The van der Waals surface area contributed by atoms with Crippen molar-refractivity contribution in [1.82, 2.24) is 4.90 Å². The van der Waals surface area contributed by atoms with Gasteiger partial charge < -0.3 is 4.90 Å². The number of rotatable bonds is 4. The second kappa shape index (κ2) is 6.46. The molecule has 0 aliphatic heterocycles. The molecule has 0 radical (unpaired) electrons. The fraction of sp³-hybridized carbons (Fsp3) is 0.429. The molecule has 96 valence electrons. The summed E-state index contributed by atoms with van der Waals surface area (Å²) in [7, 11) is 1.76. The Morgan fingerprint density at radius 2 is 2.17 bits per heavy atom. The van der Waals surface area contributed by atoms with Crippen molar-refractivity contribution in [1.29, 1.82) is 5.26 Å². The molecule has 0 aliphatic carbocycles. The first-order chi connectivity index (χ1) is 8.45. The van der Waals surface area contributed by atoms with Crippen LogP contribution in [0, 0.1) is 17.2 Å². The van der Waals surface area contributed by atoms with Crippen molar-refractivity contribution < 1.29 is 4.79 Å². The molecule has 3 nitrogen and oxygen atoms in total. The quantitative estimate of drug-likeness (QED) is 0.847. The van der Waals surface area contributed by atoms with Gasteiger partial charge in [0.05, 0.1) is 16.9 Å². The first kappa shape index (κ1) is 14.6. The van der Waals surface area contributed by atoms with Crippen LogP contribution in [0.25, 0.3) is 0 Å². The Hall–Kier alpha value is -1.47. The number of nitriles is 1. The Morgan fingerprint density at radius 1 is 1.50 bits per heavy atom. The van der Waals surface area contributed by atoms with Crippen LogP contribution >= 0.6 is 12.6 Å². The van der Waals surface area contributed by atoms with Crippen LogP contribution in [0.4, 0.5) is 0 Å². The maximum absolute atomic E-state index is 12.0. The fourth-order valence-corrected chi connectivity index (χ4v) is 1.80. The topological polar surface area (TPSA) is 44.1 Å². The van der Waals surface area contributed by atoms with Gasteiger partial charge in [0.25, 0.3) is 0 Å². The maximum atomic E-state index is 12.0. The number of hydrogen-bond acceptors (Lipinski definition) is 3. The highest BCUT2D eigenvalue weighted by Gasteiger charge is 2.21. The fourth-order valence-electron chi connectivity index (χ4n) is 1.60. The van der Waals surface area contributed by atoms with Crippen molar-refractivity contribution in [2.75, 3.05) is 7.05 Å². The summed E-state index contributed by atoms with van der Waals surface area (Å²) in [5.74, 6) is 0.212. The van der Waals surface area contributed by atoms with Crippen LogP contribution < -0.4 is 0 Å². The Morgan fingerprint density at radius 3 is 2.72 bits per heavy atom. The number of hydrogen-bond donors (Lipinski definition) is 1. The van der Waals surface area contributed by atoms with E-state index in [9.17, 15) is 4.79 Å². The average Bonchev–Trinajstić information content (AvgIpc) is 2.36. The van der Waals surface area contributed by atoms with Crippen LogP contribution in [0.3, 0.4) is 0 Å². The molecule has 0 saturated heterocycles. The second-order valence-electron chi connectivity index (χ2n) is 4.70. The van der Waals surface area contributed by atoms with E-state index in [4.69, 9.17) is 5.26 Å². The highest BCUT2D eigenvalue weighted by atomic mass is 32.1. The molecule has 4 heteroatoms. The second-order valence-corrected chi connectivity index (χ2v) is 5.25. The van der Waals surface area contributed by atoms with Gasteiger partial charge in [-0.25, -0.2) is 0 Å². The predicted octanol–water partition coefficient (Wildman–Crippen LogP) is 2.47. The summed E-state index contributed by atoms with van der Waals surface area (Å²) in [6.07, 6.45) is 0. The van der Waals surface area contributed by atoms with Gasteiger partial charge in [-0.1, -0.05) is 26.0 Å². The van der Waals surface area contributed by atoms with Gasteiger partial charge in [-0.15, -0.1) is 0 Å². The minimum atomic E-state index is -0.283. The first-order valence-electron chi connectivity index (χ1n) is 5.87. The summed E-state index contributed by atoms with van der Waals surface area (Å²) in [5.41, 5.74) is 1.56. The van der Waals surface area contributed by atoms with Gasteiger partial charge in [0, 0.05) is 13.6 Å². The zero-order valence-corrected chi connectivity index (χ0v) is 11.8. The van der Waals surface area contributed by atoms with Gasteiger partial charge in [0.2, 0.25) is 5.91 Å². The van der Waals surface area contributed by atoms with E-state index in [1.165, 1.54) is 0 Å². The molecule has 1 atom stereocenters. The zero-order chi connectivity index (χ0) is 13.7. The summed E-state index contributed by atoms with van der Waals surface area (Å²) >= 11 is 4.32. The average molecular weight is 262 g/mol. The molecule has 18 heavy (non-hydrogen) atoms. The lowest BCUT2D eigenvalue weighted by atomic mass is 10.1. The van der Waals surface area contributed by atoms with Gasteiger partial charge in [0.15, 0.2) is 0 Å². The van der Waals surface area contributed by atoms with Gasteiger partial charge in [-0.05, 0) is 23.6 Å². The molecule has 0 fully saturated rings. The lowest BCUT2D eigenvalue weighted by molar-refractivity contribution is -0.130. The van der Waals surface area contributed by atoms with E-state index < -0.39 is 0 Å². The van der Waals surface area contributed by atoms with E-state index in [-0.39, 0.29) is 17.1 Å². The summed E-state index contributed by atoms with van der Waals surface area (Å²) in [5, 5.41) is 8.54. The van der Waals surface area contributed by atoms with Crippen LogP contribution in [0.5, 0.6) is 0 Å². The molecule has 0 heterocycles. The van der Waals surface area contributed by atoms with E-state index in [1.54, 1.807) is 24.1 Å². The molecule has 0 saturated carbocycles. The van der Waals surface area contributed by atoms with E-state index in [0.29, 0.717) is 12.1 Å². The Kier molecular flexibility index (Phi) is 5.24. The van der Waals surface area contributed by atoms with Crippen molar-refractivity contribution in [3.05, 3.63) is 35.4 Å². The molecule has 1 aromatic rings. The monoisotopic (exact) mass is 262 g/mol. The van der Waals surface area contributed by atoms with Crippen molar-refractivity contribution in [2.45, 2.75) is 25.6 Å². The number of carbonyl (C=O) groups excluding carboxylic acids is 1. The molecular formula is C14H18N2OS. The van der Waals surface area contributed by atoms with Crippen LogP contribution in [0.15, 0.2) is 24.3 Å². The minimum absolute atomic E-state index is 0.00990. The highest BCUT2D eigenvalue weighted by Crippen LogP contribution is 2.14. The summed E-state index contributed by atoms with van der Waals surface area (Å²) < 4.78 is 0. The number of thiol groups is 1. The largest absolute Gasteiger partial charge is 0.340 e. The molecular weight excluding hydrogens is 244 g/mol. The summed E-state index contributed by atoms with van der Waals surface area (Å²) in [4.78, 5) is 13.7. The van der Waals surface area contributed by atoms with Crippen LogP contribution in [0.1, 0.15) is 25.0 Å². The van der Waals surface area contributed by atoms with E-state index in [2.05, 4.69) is 18.7 Å². The van der Waals surface area contributed by atoms with E-state index in [1.807, 2.05) is 26.0 Å². The third kappa shape index (κ3) is 3.78. The SMILES string of the molecule is CC(C)C(S)C(=O)N(C)Cc1cccc(C#N)c1. The highest BCUT2D eigenvalue weighted by molar-refractivity contribution is 7.81. The van der Waals surface area contributed by atoms with Crippen molar-refractivity contribution in [2.24, 2.45) is 5.92 Å². The van der Waals surface area contributed by atoms with Gasteiger partial charge in [-0.3, -0.25) is 4.79 Å². The molecule has 0 N–H and O–H groups in total. The summed E-state index contributed by atoms with van der Waals surface area (Å²) in [6, 6.07) is 9.38. The van der Waals surface area contributed by atoms with Gasteiger partial charge >= 0.3 is 0 Å². The van der Waals surface area contributed by atoms with Crippen LogP contribution in [0.2, 0.25) is 0 Å². The number of benzene rings is 1. The Balaban J connectivity index is 2.72. The Labute approximate surface area is 114 Å². The zero-order valence-electron chi connectivity index (χ0n) is 10.9. The Bertz CT molecular complexity index is 465. The van der Waals surface area contributed by atoms with E-state index >= 15 is 0 Å². The third-order valence-corrected chi connectivity index (χ3v) is 3.55. The smallest absolute Gasteiger partial charge is 0.235 e. The lowest BCUT2D eigenvalue weighted by Crippen LogP contribution is -2.35. The molecule has 1 aromatic carbocycles. The van der Waals surface area contributed by atoms with E-state index in [0.717, 1.165) is 5.56 Å². The molecule has 1 rings (SSSR count). The molecule has 0 spiro atoms. The molecule has 0 aromatic heterocycles. The van der Waals surface area contributed by atoms with Crippen LogP contribution in [-0.4, -0.2) is 23.1 Å². The van der Waals surface area contributed by atoms with Crippen molar-refractivity contribution in [3.63, 3.8) is 0 Å². The van der Waals surface area contributed by atoms with Gasteiger partial charge in [0.1, 0.15) is 0 Å². The molecule has 0 bridgehead atoms.